The molecule has 0 aromatic heterocycles. The van der Waals surface area contributed by atoms with Gasteiger partial charge >= 0.3 is 0 Å². The zero-order valence-electron chi connectivity index (χ0n) is 9.65. The van der Waals surface area contributed by atoms with Gasteiger partial charge in [-0.1, -0.05) is 0 Å². The molecular formula is C12H16ClIN2O. The topological polar surface area (TPSA) is 32.3 Å². The van der Waals surface area contributed by atoms with E-state index in [1.165, 1.54) is 0 Å². The van der Waals surface area contributed by atoms with E-state index < -0.39 is 0 Å². The van der Waals surface area contributed by atoms with Crippen LogP contribution in [0.2, 0.25) is 0 Å². The lowest BCUT2D eigenvalue weighted by Gasteiger charge is -2.31. The van der Waals surface area contributed by atoms with Crippen LogP contribution in [0.15, 0.2) is 24.3 Å². The van der Waals surface area contributed by atoms with Crippen molar-refractivity contribution in [3.8, 4) is 0 Å². The van der Waals surface area contributed by atoms with Crippen LogP contribution < -0.4 is 5.32 Å². The molecule has 5 heteroatoms. The summed E-state index contributed by atoms with van der Waals surface area (Å²) < 4.78 is 1.16. The van der Waals surface area contributed by atoms with E-state index in [2.05, 4.69) is 34.8 Å². The molecule has 0 spiro atoms. The molecule has 2 rings (SSSR count). The van der Waals surface area contributed by atoms with E-state index >= 15 is 0 Å². The molecule has 0 radical (unpaired) electrons. The summed E-state index contributed by atoms with van der Waals surface area (Å²) in [6.45, 7) is 4.59. The maximum atomic E-state index is 12.2. The van der Waals surface area contributed by atoms with E-state index in [1.807, 2.05) is 29.2 Å². The zero-order chi connectivity index (χ0) is 11.5. The number of carbonyl (C=O) groups is 1. The van der Waals surface area contributed by atoms with Gasteiger partial charge in [-0.25, -0.2) is 0 Å². The Morgan fingerprint density at radius 3 is 2.65 bits per heavy atom. The van der Waals surface area contributed by atoms with Crippen LogP contribution in [0, 0.1) is 3.57 Å². The minimum absolute atomic E-state index is 0. The van der Waals surface area contributed by atoms with E-state index in [0.717, 1.165) is 28.8 Å². The van der Waals surface area contributed by atoms with Crippen LogP contribution in [-0.4, -0.2) is 36.5 Å². The summed E-state index contributed by atoms with van der Waals surface area (Å²) in [5, 5.41) is 3.33. The highest BCUT2D eigenvalue weighted by molar-refractivity contribution is 14.1. The minimum atomic E-state index is 0. The Bertz CT molecular complexity index is 383. The Balaban J connectivity index is 0.00000144. The first-order valence-corrected chi connectivity index (χ1v) is 6.53. The molecule has 1 aromatic rings. The first-order valence-electron chi connectivity index (χ1n) is 5.45. The number of benzene rings is 1. The molecule has 0 aliphatic carbocycles. The Morgan fingerprint density at radius 1 is 1.41 bits per heavy atom. The third-order valence-electron chi connectivity index (χ3n) is 2.75. The summed E-state index contributed by atoms with van der Waals surface area (Å²) in [7, 11) is 0. The van der Waals surface area contributed by atoms with Gasteiger partial charge in [-0.3, -0.25) is 4.79 Å². The first kappa shape index (κ1) is 14.7. The average Bonchev–Trinajstić information content (AvgIpc) is 2.29. The summed E-state index contributed by atoms with van der Waals surface area (Å²) in [6.07, 6.45) is 0. The average molecular weight is 367 g/mol. The molecule has 1 aliphatic rings. The number of hydrogen-bond donors (Lipinski definition) is 1. The van der Waals surface area contributed by atoms with Crippen LogP contribution in [0.5, 0.6) is 0 Å². The van der Waals surface area contributed by atoms with Crippen molar-refractivity contribution in [2.24, 2.45) is 0 Å². The van der Waals surface area contributed by atoms with Gasteiger partial charge < -0.3 is 10.2 Å². The zero-order valence-corrected chi connectivity index (χ0v) is 12.6. The fourth-order valence-corrected chi connectivity index (χ4v) is 2.25. The minimum Gasteiger partial charge on any atom is -0.336 e. The van der Waals surface area contributed by atoms with Crippen LogP contribution in [0.25, 0.3) is 0 Å². The molecule has 0 bridgehead atoms. The van der Waals surface area contributed by atoms with Gasteiger partial charge in [0.2, 0.25) is 0 Å². The molecular weight excluding hydrogens is 351 g/mol. The predicted octanol–water partition coefficient (Wildman–Crippen LogP) is 2.15. The van der Waals surface area contributed by atoms with E-state index in [0.29, 0.717) is 6.04 Å². The highest BCUT2D eigenvalue weighted by Gasteiger charge is 2.21. The highest BCUT2D eigenvalue weighted by atomic mass is 127. The number of piperazine rings is 1. The molecule has 1 fully saturated rings. The Kier molecular flexibility index (Phi) is 5.69. The van der Waals surface area contributed by atoms with E-state index in [9.17, 15) is 4.79 Å². The van der Waals surface area contributed by atoms with Crippen LogP contribution >= 0.6 is 35.0 Å². The summed E-state index contributed by atoms with van der Waals surface area (Å²) in [5.41, 5.74) is 0.787. The van der Waals surface area contributed by atoms with Gasteiger partial charge in [0.25, 0.3) is 5.91 Å². The van der Waals surface area contributed by atoms with E-state index in [1.54, 1.807) is 0 Å². The van der Waals surface area contributed by atoms with Crippen LogP contribution in [0.1, 0.15) is 17.3 Å². The lowest BCUT2D eigenvalue weighted by atomic mass is 10.1. The van der Waals surface area contributed by atoms with Gasteiger partial charge in [0.05, 0.1) is 0 Å². The smallest absolute Gasteiger partial charge is 0.253 e. The number of halogens is 2. The molecule has 0 saturated carbocycles. The molecule has 1 aromatic carbocycles. The quantitative estimate of drug-likeness (QED) is 0.773. The number of nitrogens with zero attached hydrogens (tertiary/aromatic N) is 1. The highest BCUT2D eigenvalue weighted by Crippen LogP contribution is 2.10. The molecule has 1 amide bonds. The van der Waals surface area contributed by atoms with Gasteiger partial charge in [-0.15, -0.1) is 12.4 Å². The van der Waals surface area contributed by atoms with E-state index in [4.69, 9.17) is 0 Å². The van der Waals surface area contributed by atoms with Crippen molar-refractivity contribution in [1.29, 1.82) is 0 Å². The Labute approximate surface area is 122 Å². The second kappa shape index (κ2) is 6.56. The molecule has 1 atom stereocenters. The molecule has 1 unspecified atom stereocenters. The van der Waals surface area contributed by atoms with Gasteiger partial charge in [0.15, 0.2) is 0 Å². The summed E-state index contributed by atoms with van der Waals surface area (Å²) in [4.78, 5) is 14.1. The van der Waals surface area contributed by atoms with Crippen LogP contribution in [0.4, 0.5) is 0 Å². The number of amides is 1. The van der Waals surface area contributed by atoms with Crippen molar-refractivity contribution in [1.82, 2.24) is 10.2 Å². The monoisotopic (exact) mass is 366 g/mol. The van der Waals surface area contributed by atoms with Gasteiger partial charge in [-0.05, 0) is 53.8 Å². The number of rotatable bonds is 1. The van der Waals surface area contributed by atoms with Crippen molar-refractivity contribution in [2.45, 2.75) is 13.0 Å². The number of carbonyl (C=O) groups excluding carboxylic acids is 1. The van der Waals surface area contributed by atoms with Crippen molar-refractivity contribution in [2.75, 3.05) is 19.6 Å². The third-order valence-corrected chi connectivity index (χ3v) is 3.47. The standard InChI is InChI=1S/C12H15IN2O.ClH/c1-9-8-15(7-6-14-9)12(16)10-2-4-11(13)5-3-10;/h2-5,9,14H,6-8H2,1H3;1H. The summed E-state index contributed by atoms with van der Waals surface area (Å²) in [5.74, 6) is 0.143. The third kappa shape index (κ3) is 3.82. The van der Waals surface area contributed by atoms with Gasteiger partial charge in [0.1, 0.15) is 0 Å². The molecule has 17 heavy (non-hydrogen) atoms. The van der Waals surface area contributed by atoms with Crippen molar-refractivity contribution >= 4 is 40.9 Å². The van der Waals surface area contributed by atoms with Crippen LogP contribution in [-0.2, 0) is 0 Å². The van der Waals surface area contributed by atoms with Gasteiger partial charge in [-0.2, -0.15) is 0 Å². The molecule has 3 nitrogen and oxygen atoms in total. The second-order valence-corrected chi connectivity index (χ2v) is 5.36. The summed E-state index contributed by atoms with van der Waals surface area (Å²) >= 11 is 2.24. The van der Waals surface area contributed by atoms with Crippen LogP contribution in [0.3, 0.4) is 0 Å². The fraction of sp³-hybridized carbons (Fsp3) is 0.417. The molecule has 1 saturated heterocycles. The first-order chi connectivity index (χ1) is 7.66. The fourth-order valence-electron chi connectivity index (χ4n) is 1.89. The maximum Gasteiger partial charge on any atom is 0.253 e. The molecule has 1 N–H and O–H groups in total. The van der Waals surface area contributed by atoms with Crippen molar-refractivity contribution in [3.63, 3.8) is 0 Å². The maximum absolute atomic E-state index is 12.2. The second-order valence-electron chi connectivity index (χ2n) is 4.11. The Morgan fingerprint density at radius 2 is 2.06 bits per heavy atom. The van der Waals surface area contributed by atoms with Crippen molar-refractivity contribution < 1.29 is 4.79 Å². The predicted molar refractivity (Wildman–Crippen MR) is 79.8 cm³/mol. The van der Waals surface area contributed by atoms with Crippen molar-refractivity contribution in [3.05, 3.63) is 33.4 Å². The lowest BCUT2D eigenvalue weighted by molar-refractivity contribution is 0.0709. The normalized spacial score (nSPS) is 19.6. The number of hydrogen-bond acceptors (Lipinski definition) is 2. The lowest BCUT2D eigenvalue weighted by Crippen LogP contribution is -2.51. The molecule has 94 valence electrons. The SMILES string of the molecule is CC1CN(C(=O)c2ccc(I)cc2)CCN1.Cl. The Hall–Kier alpha value is -0.330. The molecule has 1 heterocycles. The summed E-state index contributed by atoms with van der Waals surface area (Å²) in [6, 6.07) is 8.13. The van der Waals surface area contributed by atoms with E-state index in [-0.39, 0.29) is 18.3 Å². The van der Waals surface area contributed by atoms with Gasteiger partial charge in [0, 0.05) is 34.8 Å². The largest absolute Gasteiger partial charge is 0.336 e. The number of nitrogens with one attached hydrogen (secondary N) is 1. The molecule has 1 aliphatic heterocycles.